The maximum atomic E-state index is 12.2. The molecule has 1 aliphatic heterocycles. The van der Waals surface area contributed by atoms with E-state index in [0.29, 0.717) is 31.7 Å². The summed E-state index contributed by atoms with van der Waals surface area (Å²) < 4.78 is 1.78. The first-order valence-electron chi connectivity index (χ1n) is 6.93. The number of rotatable bonds is 4. The average Bonchev–Trinajstić information content (AvgIpc) is 2.82. The van der Waals surface area contributed by atoms with Crippen molar-refractivity contribution in [3.63, 3.8) is 0 Å². The molecule has 2 rings (SSSR count). The van der Waals surface area contributed by atoms with Crippen LogP contribution in [0.25, 0.3) is 0 Å². The molecule has 116 valence electrons. The summed E-state index contributed by atoms with van der Waals surface area (Å²) in [5.74, 6) is 5.42. The number of nitrogens with two attached hydrogens (primary N) is 1. The van der Waals surface area contributed by atoms with Gasteiger partial charge in [-0.1, -0.05) is 11.8 Å². The lowest BCUT2D eigenvalue weighted by atomic mass is 9.96. The summed E-state index contributed by atoms with van der Waals surface area (Å²) in [6.07, 6.45) is 1.34. The zero-order chi connectivity index (χ0) is 15.4. The quantitative estimate of drug-likeness (QED) is 0.355. The van der Waals surface area contributed by atoms with E-state index in [2.05, 4.69) is 10.5 Å². The van der Waals surface area contributed by atoms with Crippen LogP contribution in [0.3, 0.4) is 0 Å². The van der Waals surface area contributed by atoms with Crippen molar-refractivity contribution in [2.75, 3.05) is 18.8 Å². The number of aromatic nitrogens is 2. The number of carbonyl (C=O) groups is 2. The van der Waals surface area contributed by atoms with E-state index in [9.17, 15) is 9.59 Å². The number of aryl methyl sites for hydroxylation is 2. The second-order valence-corrected chi connectivity index (χ2v) is 6.20. The minimum Gasteiger partial charge on any atom is -0.342 e. The fourth-order valence-electron chi connectivity index (χ4n) is 2.46. The Hall–Kier alpha value is -1.54. The first kappa shape index (κ1) is 15.8. The van der Waals surface area contributed by atoms with Crippen LogP contribution in [0.1, 0.15) is 18.5 Å². The Morgan fingerprint density at radius 2 is 2.14 bits per heavy atom. The minimum absolute atomic E-state index is 0.0774. The van der Waals surface area contributed by atoms with Crippen molar-refractivity contribution in [1.82, 2.24) is 20.1 Å². The van der Waals surface area contributed by atoms with Crippen LogP contribution in [0.4, 0.5) is 0 Å². The maximum Gasteiger partial charge on any atom is 0.237 e. The number of carbonyl (C=O) groups excluding carboxylic acids is 2. The molecule has 0 radical (unpaired) electrons. The van der Waals surface area contributed by atoms with Crippen molar-refractivity contribution >= 4 is 23.6 Å². The van der Waals surface area contributed by atoms with Gasteiger partial charge in [-0.25, -0.2) is 5.84 Å². The van der Waals surface area contributed by atoms with Crippen LogP contribution >= 0.6 is 11.8 Å². The van der Waals surface area contributed by atoms with E-state index >= 15 is 0 Å². The van der Waals surface area contributed by atoms with Gasteiger partial charge in [-0.2, -0.15) is 5.10 Å². The molecule has 1 fully saturated rings. The van der Waals surface area contributed by atoms with Gasteiger partial charge in [0.1, 0.15) is 0 Å². The van der Waals surface area contributed by atoms with E-state index in [1.165, 1.54) is 11.8 Å². The lowest BCUT2D eigenvalue weighted by molar-refractivity contribution is -0.133. The third-order valence-corrected chi connectivity index (χ3v) is 4.73. The summed E-state index contributed by atoms with van der Waals surface area (Å²) in [5.41, 5.74) is 3.12. The Kier molecular flexibility index (Phi) is 5.24. The van der Waals surface area contributed by atoms with Crippen molar-refractivity contribution in [3.05, 3.63) is 11.8 Å². The van der Waals surface area contributed by atoms with Crippen molar-refractivity contribution < 1.29 is 9.59 Å². The fraction of sp³-hybridized carbons (Fsp3) is 0.615. The minimum atomic E-state index is -0.137. The molecule has 1 aromatic heterocycles. The van der Waals surface area contributed by atoms with E-state index in [1.807, 2.05) is 24.9 Å². The number of likely N-dealkylation sites (tertiary alicyclic amines) is 1. The number of amides is 2. The Morgan fingerprint density at radius 3 is 2.67 bits per heavy atom. The van der Waals surface area contributed by atoms with Gasteiger partial charge in [0.15, 0.2) is 0 Å². The molecular formula is C13H21N5O2S. The van der Waals surface area contributed by atoms with Crippen LogP contribution < -0.4 is 11.3 Å². The van der Waals surface area contributed by atoms with Gasteiger partial charge >= 0.3 is 0 Å². The second-order valence-electron chi connectivity index (χ2n) is 5.20. The molecule has 0 atom stereocenters. The summed E-state index contributed by atoms with van der Waals surface area (Å²) in [7, 11) is 1.87. The zero-order valence-electron chi connectivity index (χ0n) is 12.3. The van der Waals surface area contributed by atoms with Crippen LogP contribution in [0.2, 0.25) is 0 Å². The van der Waals surface area contributed by atoms with E-state index in [4.69, 9.17) is 5.84 Å². The van der Waals surface area contributed by atoms with Gasteiger partial charge in [0.25, 0.3) is 0 Å². The molecular weight excluding hydrogens is 290 g/mol. The Balaban J connectivity index is 1.80. The van der Waals surface area contributed by atoms with Crippen LogP contribution in [0.15, 0.2) is 11.1 Å². The molecule has 2 heterocycles. The molecule has 7 nitrogen and oxygen atoms in total. The van der Waals surface area contributed by atoms with Gasteiger partial charge in [0.05, 0.1) is 16.5 Å². The van der Waals surface area contributed by atoms with Crippen LogP contribution in [0, 0.1) is 12.8 Å². The van der Waals surface area contributed by atoms with E-state index < -0.39 is 0 Å². The number of nitrogens with zero attached hydrogens (tertiary/aromatic N) is 3. The van der Waals surface area contributed by atoms with Gasteiger partial charge in [-0.3, -0.25) is 19.7 Å². The molecule has 8 heteroatoms. The summed E-state index contributed by atoms with van der Waals surface area (Å²) in [4.78, 5) is 25.4. The summed E-state index contributed by atoms with van der Waals surface area (Å²) >= 11 is 1.49. The molecule has 21 heavy (non-hydrogen) atoms. The number of piperidine rings is 1. The lowest BCUT2D eigenvalue weighted by Crippen LogP contribution is -2.45. The van der Waals surface area contributed by atoms with Crippen LogP contribution in [0.5, 0.6) is 0 Å². The molecule has 3 N–H and O–H groups in total. The predicted molar refractivity (Wildman–Crippen MR) is 80.3 cm³/mol. The standard InChI is InChI=1S/C13H21N5O2S/c1-9-7-12(17(2)16-9)21-8-11(19)18-5-3-10(4-6-18)13(20)15-14/h7,10H,3-6,8,14H2,1-2H3,(H,15,20). The summed E-state index contributed by atoms with van der Waals surface area (Å²) in [5, 5.41) is 5.24. The first-order valence-corrected chi connectivity index (χ1v) is 7.91. The smallest absolute Gasteiger partial charge is 0.237 e. The summed E-state index contributed by atoms with van der Waals surface area (Å²) in [6, 6.07) is 1.97. The van der Waals surface area contributed by atoms with Crippen molar-refractivity contribution in [3.8, 4) is 0 Å². The fourth-order valence-corrected chi connectivity index (χ4v) is 3.39. The Labute approximate surface area is 128 Å². The topological polar surface area (TPSA) is 93.3 Å². The second kappa shape index (κ2) is 6.95. The van der Waals surface area contributed by atoms with Crippen molar-refractivity contribution in [2.24, 2.45) is 18.8 Å². The number of hydrogen-bond acceptors (Lipinski definition) is 5. The third-order valence-electron chi connectivity index (χ3n) is 3.66. The Bertz CT molecular complexity index is 523. The third kappa shape index (κ3) is 3.98. The molecule has 1 aliphatic rings. The van der Waals surface area contributed by atoms with Gasteiger partial charge in [-0.15, -0.1) is 0 Å². The molecule has 2 amide bonds. The number of thioether (sulfide) groups is 1. The molecule has 0 bridgehead atoms. The molecule has 0 spiro atoms. The SMILES string of the molecule is Cc1cc(SCC(=O)N2CCC(C(=O)NN)CC2)n(C)n1. The van der Waals surface area contributed by atoms with Gasteiger partial charge in [0.2, 0.25) is 11.8 Å². The van der Waals surface area contributed by atoms with E-state index in [-0.39, 0.29) is 17.7 Å². The molecule has 0 aromatic carbocycles. The molecule has 0 unspecified atom stereocenters. The summed E-state index contributed by atoms with van der Waals surface area (Å²) in [6.45, 7) is 3.16. The highest BCUT2D eigenvalue weighted by molar-refractivity contribution is 7.99. The highest BCUT2D eigenvalue weighted by atomic mass is 32.2. The van der Waals surface area contributed by atoms with E-state index in [0.717, 1.165) is 10.7 Å². The largest absolute Gasteiger partial charge is 0.342 e. The lowest BCUT2D eigenvalue weighted by Gasteiger charge is -2.31. The molecule has 0 aliphatic carbocycles. The number of hydrazine groups is 1. The van der Waals surface area contributed by atoms with Gasteiger partial charge in [-0.05, 0) is 25.8 Å². The molecule has 1 saturated heterocycles. The van der Waals surface area contributed by atoms with E-state index in [1.54, 1.807) is 4.68 Å². The number of hydrogen-bond donors (Lipinski definition) is 2. The average molecular weight is 311 g/mol. The zero-order valence-corrected chi connectivity index (χ0v) is 13.2. The normalized spacial score (nSPS) is 16.0. The molecule has 0 saturated carbocycles. The first-order chi connectivity index (χ1) is 10.0. The van der Waals surface area contributed by atoms with Crippen molar-refractivity contribution in [2.45, 2.75) is 24.8 Å². The number of nitrogens with one attached hydrogen (secondary N) is 1. The Morgan fingerprint density at radius 1 is 1.48 bits per heavy atom. The van der Waals surface area contributed by atoms with Crippen LogP contribution in [-0.2, 0) is 16.6 Å². The van der Waals surface area contributed by atoms with Crippen LogP contribution in [-0.4, -0.2) is 45.3 Å². The highest BCUT2D eigenvalue weighted by Crippen LogP contribution is 2.21. The monoisotopic (exact) mass is 311 g/mol. The predicted octanol–water partition coefficient (Wildman–Crippen LogP) is 0.0491. The highest BCUT2D eigenvalue weighted by Gasteiger charge is 2.26. The van der Waals surface area contributed by atoms with Gasteiger partial charge < -0.3 is 4.90 Å². The maximum absolute atomic E-state index is 12.2. The van der Waals surface area contributed by atoms with Gasteiger partial charge in [0, 0.05) is 26.1 Å². The van der Waals surface area contributed by atoms with Crippen molar-refractivity contribution in [1.29, 1.82) is 0 Å². The molecule has 1 aromatic rings.